The molecule has 22 heavy (non-hydrogen) atoms. The maximum atomic E-state index is 3.99. The zero-order valence-electron chi connectivity index (χ0n) is 17.2. The van der Waals surface area contributed by atoms with Gasteiger partial charge in [-0.1, -0.05) is 89.8 Å². The zero-order chi connectivity index (χ0) is 18.0. The average molecular weight is 309 g/mol. The van der Waals surface area contributed by atoms with Gasteiger partial charge in [0.1, 0.15) is 0 Å². The third-order valence-electron chi connectivity index (χ3n) is 3.66. The summed E-state index contributed by atoms with van der Waals surface area (Å²) in [6, 6.07) is 0. The first kappa shape index (κ1) is 26.1. The Morgan fingerprint density at radius 1 is 0.909 bits per heavy atom. The molecule has 1 rings (SSSR count). The molecule has 0 amide bonds. The minimum Gasteiger partial charge on any atom is -0.0999 e. The fourth-order valence-electron chi connectivity index (χ4n) is 2.26. The van der Waals surface area contributed by atoms with Crippen LogP contribution in [-0.4, -0.2) is 0 Å². The van der Waals surface area contributed by atoms with E-state index in [1.807, 2.05) is 27.7 Å². The van der Waals surface area contributed by atoms with E-state index in [1.54, 1.807) is 0 Å². The van der Waals surface area contributed by atoms with Gasteiger partial charge in [-0.15, -0.1) is 0 Å². The first-order valence-corrected chi connectivity index (χ1v) is 9.52. The Labute approximate surface area is 142 Å². The van der Waals surface area contributed by atoms with E-state index in [0.29, 0.717) is 0 Å². The molecule has 0 unspecified atom stereocenters. The van der Waals surface area contributed by atoms with Crippen LogP contribution in [0.4, 0.5) is 0 Å². The molecule has 0 saturated carbocycles. The molecule has 0 N–H and O–H groups in total. The molecule has 0 fully saturated rings. The summed E-state index contributed by atoms with van der Waals surface area (Å²) in [5.74, 6) is 0.787. The monoisotopic (exact) mass is 308 g/mol. The summed E-state index contributed by atoms with van der Waals surface area (Å²) in [7, 11) is 0. The summed E-state index contributed by atoms with van der Waals surface area (Å²) in [6.45, 7) is 23.0. The highest BCUT2D eigenvalue weighted by molar-refractivity contribution is 5.29. The van der Waals surface area contributed by atoms with Crippen molar-refractivity contribution in [1.82, 2.24) is 0 Å². The molecule has 0 aromatic carbocycles. The highest BCUT2D eigenvalue weighted by Gasteiger charge is 2.05. The van der Waals surface area contributed by atoms with Crippen LogP contribution in [0.15, 0.2) is 35.5 Å². The molecule has 0 heteroatoms. The van der Waals surface area contributed by atoms with Gasteiger partial charge in [-0.2, -0.15) is 0 Å². The molecule has 0 bridgehead atoms. The SMILES string of the molecule is C=C(C)C(CCC)CCC.CC.CC.CC1=CCCC=C1C. The molecule has 1 aliphatic rings. The molecule has 0 nitrogen and oxygen atoms in total. The molecule has 1 aliphatic carbocycles. The second-order valence-corrected chi connectivity index (χ2v) is 5.47. The highest BCUT2D eigenvalue weighted by atomic mass is 14.1. The predicted molar refractivity (Wildman–Crippen MR) is 108 cm³/mol. The standard InChI is InChI=1S/C10H20.C8H12.2C2H6/c1-5-7-10(8-6-2)9(3)4;1-7-5-3-4-6-8(7)2;2*1-2/h10H,3,5-8H2,1-2,4H3;5-6H,3-4H2,1-2H3;2*1-2H3. The van der Waals surface area contributed by atoms with E-state index in [4.69, 9.17) is 0 Å². The Bertz CT molecular complexity index is 267. The Morgan fingerprint density at radius 2 is 1.23 bits per heavy atom. The highest BCUT2D eigenvalue weighted by Crippen LogP contribution is 2.20. The van der Waals surface area contributed by atoms with E-state index in [0.717, 1.165) is 5.92 Å². The van der Waals surface area contributed by atoms with Gasteiger partial charge < -0.3 is 0 Å². The van der Waals surface area contributed by atoms with Crippen LogP contribution in [-0.2, 0) is 0 Å². The molecule has 0 radical (unpaired) electrons. The Kier molecular flexibility index (Phi) is 24.0. The van der Waals surface area contributed by atoms with Gasteiger partial charge >= 0.3 is 0 Å². The first-order valence-electron chi connectivity index (χ1n) is 9.52. The molecule has 0 aromatic rings. The summed E-state index contributed by atoms with van der Waals surface area (Å²) < 4.78 is 0. The molecule has 0 heterocycles. The minimum absolute atomic E-state index is 0.787. The second kappa shape index (κ2) is 20.2. The molecule has 0 aliphatic heterocycles. The van der Waals surface area contributed by atoms with Crippen LogP contribution in [0.1, 0.15) is 101 Å². The fraction of sp³-hybridized carbons (Fsp3) is 0.727. The molecular weight excluding hydrogens is 264 g/mol. The molecule has 0 saturated heterocycles. The maximum Gasteiger partial charge on any atom is -0.0209 e. The average Bonchev–Trinajstić information content (AvgIpc) is 2.54. The quantitative estimate of drug-likeness (QED) is 0.446. The van der Waals surface area contributed by atoms with Gasteiger partial charge in [0.05, 0.1) is 0 Å². The minimum atomic E-state index is 0.787. The van der Waals surface area contributed by atoms with Gasteiger partial charge in [0, 0.05) is 0 Å². The number of hydrogen-bond acceptors (Lipinski definition) is 0. The van der Waals surface area contributed by atoms with Crippen molar-refractivity contribution in [1.29, 1.82) is 0 Å². The first-order chi connectivity index (χ1) is 10.5. The smallest absolute Gasteiger partial charge is 0.0209 e. The van der Waals surface area contributed by atoms with Gasteiger partial charge in [0.15, 0.2) is 0 Å². The molecule has 132 valence electrons. The van der Waals surface area contributed by atoms with Crippen LogP contribution >= 0.6 is 0 Å². The van der Waals surface area contributed by atoms with Crippen molar-refractivity contribution in [3.8, 4) is 0 Å². The second-order valence-electron chi connectivity index (χ2n) is 5.47. The Morgan fingerprint density at radius 3 is 1.41 bits per heavy atom. The third-order valence-corrected chi connectivity index (χ3v) is 3.66. The lowest BCUT2D eigenvalue weighted by Gasteiger charge is -2.14. The Balaban J connectivity index is -0.000000270. The van der Waals surface area contributed by atoms with Crippen LogP contribution < -0.4 is 0 Å². The van der Waals surface area contributed by atoms with E-state index in [2.05, 4.69) is 53.3 Å². The normalized spacial score (nSPS) is 12.5. The van der Waals surface area contributed by atoms with E-state index in [9.17, 15) is 0 Å². The van der Waals surface area contributed by atoms with Crippen molar-refractivity contribution in [2.75, 3.05) is 0 Å². The van der Waals surface area contributed by atoms with E-state index < -0.39 is 0 Å². The number of hydrogen-bond donors (Lipinski definition) is 0. The van der Waals surface area contributed by atoms with E-state index >= 15 is 0 Å². The van der Waals surface area contributed by atoms with Crippen molar-refractivity contribution < 1.29 is 0 Å². The van der Waals surface area contributed by atoms with Gasteiger partial charge in [-0.05, 0) is 52.4 Å². The molecule has 0 spiro atoms. The lowest BCUT2D eigenvalue weighted by molar-refractivity contribution is 0.505. The van der Waals surface area contributed by atoms with E-state index in [1.165, 1.54) is 55.2 Å². The van der Waals surface area contributed by atoms with Crippen molar-refractivity contribution in [3.63, 3.8) is 0 Å². The topological polar surface area (TPSA) is 0 Å². The number of allylic oxidation sites excluding steroid dienone is 5. The lowest BCUT2D eigenvalue weighted by Crippen LogP contribution is -1.99. The number of rotatable bonds is 5. The van der Waals surface area contributed by atoms with Crippen LogP contribution in [0.5, 0.6) is 0 Å². The van der Waals surface area contributed by atoms with Gasteiger partial charge in [-0.25, -0.2) is 0 Å². The molecule has 0 atom stereocenters. The fourth-order valence-corrected chi connectivity index (χ4v) is 2.26. The van der Waals surface area contributed by atoms with Crippen LogP contribution in [0.3, 0.4) is 0 Å². The molecular formula is C22H44. The summed E-state index contributed by atoms with van der Waals surface area (Å²) in [5, 5.41) is 0. The van der Waals surface area contributed by atoms with Gasteiger partial charge in [0.25, 0.3) is 0 Å². The maximum absolute atomic E-state index is 3.99. The van der Waals surface area contributed by atoms with Crippen molar-refractivity contribution in [3.05, 3.63) is 35.5 Å². The van der Waals surface area contributed by atoms with Crippen molar-refractivity contribution >= 4 is 0 Å². The molecule has 0 aromatic heterocycles. The Hall–Kier alpha value is -0.780. The van der Waals surface area contributed by atoms with E-state index in [-0.39, 0.29) is 0 Å². The summed E-state index contributed by atoms with van der Waals surface area (Å²) >= 11 is 0. The lowest BCUT2D eigenvalue weighted by atomic mass is 9.92. The van der Waals surface area contributed by atoms with Crippen LogP contribution in [0, 0.1) is 5.92 Å². The van der Waals surface area contributed by atoms with Crippen molar-refractivity contribution in [2.45, 2.75) is 101 Å². The zero-order valence-corrected chi connectivity index (χ0v) is 17.2. The van der Waals surface area contributed by atoms with Crippen LogP contribution in [0.25, 0.3) is 0 Å². The van der Waals surface area contributed by atoms with Gasteiger partial charge in [0.2, 0.25) is 0 Å². The largest absolute Gasteiger partial charge is 0.0999 e. The summed E-state index contributed by atoms with van der Waals surface area (Å²) in [4.78, 5) is 0. The van der Waals surface area contributed by atoms with Gasteiger partial charge in [-0.3, -0.25) is 0 Å². The summed E-state index contributed by atoms with van der Waals surface area (Å²) in [6.07, 6.45) is 12.3. The summed E-state index contributed by atoms with van der Waals surface area (Å²) in [5.41, 5.74) is 4.27. The van der Waals surface area contributed by atoms with Crippen LogP contribution in [0.2, 0.25) is 0 Å². The third kappa shape index (κ3) is 15.6. The predicted octanol–water partition coefficient (Wildman–Crippen LogP) is 8.50. The van der Waals surface area contributed by atoms with Crippen molar-refractivity contribution in [2.24, 2.45) is 5.92 Å².